The Morgan fingerprint density at radius 2 is 2.00 bits per heavy atom. The molecule has 0 saturated heterocycles. The fourth-order valence-corrected chi connectivity index (χ4v) is 2.52. The summed E-state index contributed by atoms with van der Waals surface area (Å²) in [6.45, 7) is 1.54. The van der Waals surface area contributed by atoms with Crippen LogP contribution in [-0.2, 0) is 17.8 Å². The minimum Gasteiger partial charge on any atom is -0.453 e. The number of rotatable bonds is 7. The zero-order valence-electron chi connectivity index (χ0n) is 12.3. The van der Waals surface area contributed by atoms with Crippen LogP contribution in [0, 0.1) is 0 Å². The van der Waals surface area contributed by atoms with Crippen LogP contribution in [-0.4, -0.2) is 30.9 Å². The predicted molar refractivity (Wildman–Crippen MR) is 90.9 cm³/mol. The van der Waals surface area contributed by atoms with Gasteiger partial charge < -0.3 is 9.73 Å². The van der Waals surface area contributed by atoms with Gasteiger partial charge >= 0.3 is 0 Å². The lowest BCUT2D eigenvalue weighted by molar-refractivity contribution is -0.122. The summed E-state index contributed by atoms with van der Waals surface area (Å²) in [7, 11) is 1.88. The highest BCUT2D eigenvalue weighted by atomic mass is 79.9. The third kappa shape index (κ3) is 5.83. The van der Waals surface area contributed by atoms with Crippen molar-refractivity contribution in [2.75, 3.05) is 20.1 Å². The van der Waals surface area contributed by atoms with Gasteiger partial charge in [0, 0.05) is 11.6 Å². The second kappa shape index (κ2) is 8.36. The van der Waals surface area contributed by atoms with Gasteiger partial charge in [0.1, 0.15) is 5.76 Å². The van der Waals surface area contributed by atoms with E-state index < -0.39 is 0 Å². The molecule has 0 bridgehead atoms. The van der Waals surface area contributed by atoms with Gasteiger partial charge in [0.05, 0.1) is 13.1 Å². The highest BCUT2D eigenvalue weighted by Crippen LogP contribution is 2.15. The highest BCUT2D eigenvalue weighted by molar-refractivity contribution is 9.10. The molecule has 0 atom stereocenters. The summed E-state index contributed by atoms with van der Waals surface area (Å²) in [5.41, 5.74) is 1.15. The zero-order valence-corrected chi connectivity index (χ0v) is 14.7. The monoisotopic (exact) mass is 384 g/mol. The summed E-state index contributed by atoms with van der Waals surface area (Å²) in [6.07, 6.45) is 0.789. The van der Waals surface area contributed by atoms with Crippen LogP contribution in [0.4, 0.5) is 0 Å². The number of likely N-dealkylation sites (N-methyl/N-ethyl adjacent to an activating group) is 1. The number of nitrogens with zero attached hydrogens (tertiary/aromatic N) is 1. The Bertz CT molecular complexity index is 613. The molecule has 0 spiro atoms. The van der Waals surface area contributed by atoms with E-state index in [0.29, 0.717) is 24.3 Å². The highest BCUT2D eigenvalue weighted by Gasteiger charge is 2.09. The molecular formula is C16H18BrClN2O2. The second-order valence-electron chi connectivity index (χ2n) is 5.10. The second-order valence-corrected chi connectivity index (χ2v) is 6.32. The normalized spacial score (nSPS) is 10.9. The van der Waals surface area contributed by atoms with Crippen molar-refractivity contribution in [2.24, 2.45) is 0 Å². The number of hydrogen-bond acceptors (Lipinski definition) is 3. The first kappa shape index (κ1) is 17.1. The average Bonchev–Trinajstić information content (AvgIpc) is 2.86. The van der Waals surface area contributed by atoms with Crippen LogP contribution in [0.1, 0.15) is 11.3 Å². The molecule has 0 unspecified atom stereocenters. The topological polar surface area (TPSA) is 45.5 Å². The van der Waals surface area contributed by atoms with E-state index in [0.717, 1.165) is 22.8 Å². The maximum Gasteiger partial charge on any atom is 0.234 e. The number of furan rings is 1. The van der Waals surface area contributed by atoms with Crippen LogP contribution in [0.15, 0.2) is 45.5 Å². The third-order valence-electron chi connectivity index (χ3n) is 3.12. The molecular weight excluding hydrogens is 368 g/mol. The van der Waals surface area contributed by atoms with Gasteiger partial charge in [-0.3, -0.25) is 9.69 Å². The van der Waals surface area contributed by atoms with Gasteiger partial charge in [0.15, 0.2) is 4.67 Å². The fourth-order valence-electron chi connectivity index (χ4n) is 2.06. The largest absolute Gasteiger partial charge is 0.453 e. The van der Waals surface area contributed by atoms with Crippen molar-refractivity contribution in [2.45, 2.75) is 13.0 Å². The molecule has 1 aromatic heterocycles. The number of carbonyl (C=O) groups is 1. The number of carbonyl (C=O) groups excluding carboxylic acids is 1. The Morgan fingerprint density at radius 1 is 1.27 bits per heavy atom. The van der Waals surface area contributed by atoms with Crippen LogP contribution in [0.5, 0.6) is 0 Å². The van der Waals surface area contributed by atoms with E-state index >= 15 is 0 Å². The molecule has 4 nitrogen and oxygen atoms in total. The van der Waals surface area contributed by atoms with Crippen molar-refractivity contribution in [3.63, 3.8) is 0 Å². The SMILES string of the molecule is CN(CC(=O)NCCc1ccc(Cl)cc1)Cc1ccc(Br)o1. The van der Waals surface area contributed by atoms with E-state index in [4.69, 9.17) is 16.0 Å². The van der Waals surface area contributed by atoms with Crippen molar-refractivity contribution in [1.82, 2.24) is 10.2 Å². The molecule has 0 saturated carbocycles. The Morgan fingerprint density at radius 3 is 2.64 bits per heavy atom. The average molecular weight is 386 g/mol. The first-order valence-corrected chi connectivity index (χ1v) is 8.14. The van der Waals surface area contributed by atoms with Gasteiger partial charge in [-0.15, -0.1) is 0 Å². The number of halogens is 2. The summed E-state index contributed by atoms with van der Waals surface area (Å²) in [6, 6.07) is 11.4. The molecule has 118 valence electrons. The third-order valence-corrected chi connectivity index (χ3v) is 3.80. The van der Waals surface area contributed by atoms with E-state index in [2.05, 4.69) is 21.2 Å². The van der Waals surface area contributed by atoms with Gasteiger partial charge in [0.25, 0.3) is 0 Å². The Labute approximate surface area is 143 Å². The lowest BCUT2D eigenvalue weighted by Crippen LogP contribution is -2.35. The van der Waals surface area contributed by atoms with E-state index in [-0.39, 0.29) is 5.91 Å². The van der Waals surface area contributed by atoms with E-state index in [1.165, 1.54) is 0 Å². The Hall–Kier alpha value is -1.30. The van der Waals surface area contributed by atoms with Gasteiger partial charge in [0.2, 0.25) is 5.91 Å². The minimum absolute atomic E-state index is 0.00193. The van der Waals surface area contributed by atoms with Gasteiger partial charge in [-0.2, -0.15) is 0 Å². The molecule has 1 aromatic carbocycles. The lowest BCUT2D eigenvalue weighted by Gasteiger charge is -2.14. The minimum atomic E-state index is 0.00193. The van der Waals surface area contributed by atoms with E-state index in [9.17, 15) is 4.79 Å². The quantitative estimate of drug-likeness (QED) is 0.793. The summed E-state index contributed by atoms with van der Waals surface area (Å²) in [4.78, 5) is 13.8. The van der Waals surface area contributed by atoms with Crippen LogP contribution >= 0.6 is 27.5 Å². The smallest absolute Gasteiger partial charge is 0.234 e. The standard InChI is InChI=1S/C16H18BrClN2O2/c1-20(10-14-6-7-15(17)22-14)11-16(21)19-9-8-12-2-4-13(18)5-3-12/h2-7H,8-11H2,1H3,(H,19,21). The predicted octanol–water partition coefficient (Wildman–Crippen LogP) is 3.49. The van der Waals surface area contributed by atoms with Crippen molar-refractivity contribution < 1.29 is 9.21 Å². The summed E-state index contributed by atoms with van der Waals surface area (Å²) < 4.78 is 6.11. The molecule has 6 heteroatoms. The van der Waals surface area contributed by atoms with Crippen molar-refractivity contribution in [3.8, 4) is 0 Å². The van der Waals surface area contributed by atoms with Gasteiger partial charge in [-0.25, -0.2) is 0 Å². The Balaban J connectivity index is 1.67. The maximum atomic E-state index is 11.9. The molecule has 2 rings (SSSR count). The summed E-state index contributed by atoms with van der Waals surface area (Å²) >= 11 is 9.10. The number of nitrogens with one attached hydrogen (secondary N) is 1. The van der Waals surface area contributed by atoms with Crippen molar-refractivity contribution in [3.05, 3.63) is 57.4 Å². The molecule has 22 heavy (non-hydrogen) atoms. The molecule has 0 aliphatic carbocycles. The van der Waals surface area contributed by atoms with Crippen LogP contribution in [0.2, 0.25) is 5.02 Å². The molecule has 2 aromatic rings. The number of amides is 1. The van der Waals surface area contributed by atoms with Crippen LogP contribution in [0.3, 0.4) is 0 Å². The molecule has 0 aliphatic heterocycles. The molecule has 1 N–H and O–H groups in total. The molecule has 1 heterocycles. The zero-order chi connectivity index (χ0) is 15.9. The first-order valence-electron chi connectivity index (χ1n) is 6.97. The molecule has 0 aliphatic rings. The Kier molecular flexibility index (Phi) is 6.49. The maximum absolute atomic E-state index is 11.9. The van der Waals surface area contributed by atoms with Crippen LogP contribution < -0.4 is 5.32 Å². The lowest BCUT2D eigenvalue weighted by atomic mass is 10.1. The van der Waals surface area contributed by atoms with Gasteiger partial charge in [-0.1, -0.05) is 23.7 Å². The summed E-state index contributed by atoms with van der Waals surface area (Å²) in [5, 5.41) is 3.64. The fraction of sp³-hybridized carbons (Fsp3) is 0.312. The van der Waals surface area contributed by atoms with Crippen molar-refractivity contribution in [1.29, 1.82) is 0 Å². The first-order chi connectivity index (χ1) is 10.5. The number of benzene rings is 1. The van der Waals surface area contributed by atoms with Crippen LogP contribution in [0.25, 0.3) is 0 Å². The number of hydrogen-bond donors (Lipinski definition) is 1. The van der Waals surface area contributed by atoms with E-state index in [1.807, 2.05) is 48.3 Å². The molecule has 0 radical (unpaired) electrons. The summed E-state index contributed by atoms with van der Waals surface area (Å²) in [5.74, 6) is 0.824. The molecule has 0 fully saturated rings. The van der Waals surface area contributed by atoms with Gasteiger partial charge in [-0.05, 0) is 59.2 Å². The van der Waals surface area contributed by atoms with Crippen molar-refractivity contribution >= 4 is 33.4 Å². The molecule has 1 amide bonds. The van der Waals surface area contributed by atoms with E-state index in [1.54, 1.807) is 0 Å².